The van der Waals surface area contributed by atoms with Crippen LogP contribution < -0.4 is 0 Å². The van der Waals surface area contributed by atoms with Crippen molar-refractivity contribution in [2.24, 2.45) is 0 Å². The van der Waals surface area contributed by atoms with Gasteiger partial charge < -0.3 is 4.52 Å². The molecule has 0 spiro atoms. The second-order valence-corrected chi connectivity index (χ2v) is 9.64. The predicted octanol–water partition coefficient (Wildman–Crippen LogP) is 4.55. The number of nitrogens with zero attached hydrogens (tertiary/aromatic N) is 3. The van der Waals surface area contributed by atoms with Crippen LogP contribution in [-0.2, 0) is 4.52 Å². The Balaban J connectivity index is 4.64. The lowest BCUT2D eigenvalue weighted by Crippen LogP contribution is -2.40. The first-order valence-electron chi connectivity index (χ1n) is 9.46. The van der Waals surface area contributed by atoms with E-state index in [2.05, 4.69) is 71.3 Å². The Hall–Kier alpha value is -0.200. The van der Waals surface area contributed by atoms with Crippen molar-refractivity contribution >= 4 is 8.15 Å². The maximum Gasteiger partial charge on any atom is 0.0646 e. The molecule has 0 unspecified atom stereocenters. The van der Waals surface area contributed by atoms with E-state index in [9.17, 15) is 0 Å². The Bertz CT molecular complexity index is 313. The van der Waals surface area contributed by atoms with Crippen LogP contribution in [0.1, 0.15) is 61.8 Å². The molecule has 0 aliphatic rings. The molecule has 24 heavy (non-hydrogen) atoms. The smallest absolute Gasteiger partial charge is 0.0646 e. The molecule has 0 atom stereocenters. The van der Waals surface area contributed by atoms with Crippen LogP contribution in [-0.4, -0.2) is 66.0 Å². The van der Waals surface area contributed by atoms with Crippen LogP contribution in [0.25, 0.3) is 0 Å². The highest BCUT2D eigenvalue weighted by atomic mass is 31.1. The third-order valence-corrected chi connectivity index (χ3v) is 6.30. The molecule has 0 aliphatic heterocycles. The standard InChI is InChI=1S/C19H40N3OP/c1-16(2)21(17(3)4)11-14-24(23-13-9-10-20)15-12-22(18(5)6)19(7)8/h16-19H,9,11-15H2,1-8H3. The highest BCUT2D eigenvalue weighted by Gasteiger charge is 2.19. The molecule has 0 saturated heterocycles. The molecule has 0 aromatic rings. The lowest BCUT2D eigenvalue weighted by Gasteiger charge is -2.34. The van der Waals surface area contributed by atoms with Crippen LogP contribution in [0.3, 0.4) is 0 Å². The number of hydrogen-bond acceptors (Lipinski definition) is 4. The van der Waals surface area contributed by atoms with E-state index in [4.69, 9.17) is 9.79 Å². The highest BCUT2D eigenvalue weighted by Crippen LogP contribution is 2.37. The molecule has 0 heterocycles. The summed E-state index contributed by atoms with van der Waals surface area (Å²) in [5.41, 5.74) is 0. The monoisotopic (exact) mass is 357 g/mol. The molecule has 142 valence electrons. The molecule has 0 rings (SSSR count). The van der Waals surface area contributed by atoms with Gasteiger partial charge in [-0.1, -0.05) is 0 Å². The summed E-state index contributed by atoms with van der Waals surface area (Å²) in [6.07, 6.45) is 2.69. The second-order valence-electron chi connectivity index (χ2n) is 7.52. The summed E-state index contributed by atoms with van der Waals surface area (Å²) in [5.74, 6) is 0. The van der Waals surface area contributed by atoms with Gasteiger partial charge in [0.1, 0.15) is 0 Å². The van der Waals surface area contributed by atoms with Gasteiger partial charge in [0.25, 0.3) is 0 Å². The fourth-order valence-electron chi connectivity index (χ4n) is 3.14. The minimum Gasteiger partial charge on any atom is -0.358 e. The number of nitriles is 1. The first-order valence-corrected chi connectivity index (χ1v) is 11.1. The van der Waals surface area contributed by atoms with Crippen LogP contribution in [0, 0.1) is 11.3 Å². The first-order chi connectivity index (χ1) is 11.2. The number of rotatable bonds is 13. The molecule has 0 fully saturated rings. The topological polar surface area (TPSA) is 39.5 Å². The van der Waals surface area contributed by atoms with Gasteiger partial charge in [0, 0.05) is 57.7 Å². The van der Waals surface area contributed by atoms with Crippen molar-refractivity contribution in [1.29, 1.82) is 5.26 Å². The maximum absolute atomic E-state index is 8.77. The van der Waals surface area contributed by atoms with Gasteiger partial charge in [0.2, 0.25) is 0 Å². The van der Waals surface area contributed by atoms with E-state index >= 15 is 0 Å². The lowest BCUT2D eigenvalue weighted by molar-refractivity contribution is 0.181. The van der Waals surface area contributed by atoms with Gasteiger partial charge in [0.15, 0.2) is 0 Å². The van der Waals surface area contributed by atoms with Crippen LogP contribution in [0.2, 0.25) is 0 Å². The minimum atomic E-state index is -0.471. The normalized spacial score (nSPS) is 12.6. The van der Waals surface area contributed by atoms with E-state index in [-0.39, 0.29) is 0 Å². The van der Waals surface area contributed by atoms with Crippen molar-refractivity contribution < 1.29 is 4.52 Å². The molecule has 5 heteroatoms. The maximum atomic E-state index is 8.77. The second kappa shape index (κ2) is 13.1. The first kappa shape index (κ1) is 23.8. The quantitative estimate of drug-likeness (QED) is 0.358. The van der Waals surface area contributed by atoms with Gasteiger partial charge in [-0.15, -0.1) is 0 Å². The van der Waals surface area contributed by atoms with Gasteiger partial charge >= 0.3 is 0 Å². The van der Waals surface area contributed by atoms with Crippen molar-refractivity contribution in [2.75, 3.05) is 32.0 Å². The fraction of sp³-hybridized carbons (Fsp3) is 0.947. The molecule has 0 saturated carbocycles. The third-order valence-electron chi connectivity index (χ3n) is 4.36. The molecular formula is C19H40N3OP. The van der Waals surface area contributed by atoms with Crippen LogP contribution in [0.15, 0.2) is 0 Å². The summed E-state index contributed by atoms with van der Waals surface area (Å²) < 4.78 is 6.09. The molecule has 0 bridgehead atoms. The summed E-state index contributed by atoms with van der Waals surface area (Å²) >= 11 is 0. The van der Waals surface area contributed by atoms with E-state index in [1.165, 1.54) is 0 Å². The van der Waals surface area contributed by atoms with E-state index in [1.54, 1.807) is 0 Å². The molecule has 0 aromatic carbocycles. The van der Waals surface area contributed by atoms with Gasteiger partial charge in [-0.05, 0) is 55.4 Å². The van der Waals surface area contributed by atoms with Crippen molar-refractivity contribution in [1.82, 2.24) is 9.80 Å². The van der Waals surface area contributed by atoms with Gasteiger partial charge in [-0.25, -0.2) is 0 Å². The van der Waals surface area contributed by atoms with Gasteiger partial charge in [0.05, 0.1) is 19.1 Å². The van der Waals surface area contributed by atoms with Gasteiger partial charge in [-0.2, -0.15) is 5.26 Å². The summed E-state index contributed by atoms with van der Waals surface area (Å²) in [6.45, 7) is 20.8. The van der Waals surface area contributed by atoms with Crippen LogP contribution >= 0.6 is 8.15 Å². The Kier molecular flexibility index (Phi) is 13.0. The van der Waals surface area contributed by atoms with E-state index < -0.39 is 8.15 Å². The third kappa shape index (κ3) is 9.94. The minimum absolute atomic E-state index is 0.471. The predicted molar refractivity (Wildman–Crippen MR) is 107 cm³/mol. The summed E-state index contributed by atoms with van der Waals surface area (Å²) in [6, 6.07) is 4.43. The molecule has 0 amide bonds. The molecular weight excluding hydrogens is 317 g/mol. The molecule has 0 N–H and O–H groups in total. The largest absolute Gasteiger partial charge is 0.358 e. The molecule has 0 aliphatic carbocycles. The summed E-state index contributed by atoms with van der Waals surface area (Å²) in [4.78, 5) is 5.07. The number of hydrogen-bond donors (Lipinski definition) is 0. The molecule has 0 aromatic heterocycles. The molecule has 4 nitrogen and oxygen atoms in total. The summed E-state index contributed by atoms with van der Waals surface area (Å²) in [7, 11) is -0.471. The zero-order valence-corrected chi connectivity index (χ0v) is 18.1. The zero-order chi connectivity index (χ0) is 18.7. The zero-order valence-electron chi connectivity index (χ0n) is 17.2. The fourth-order valence-corrected chi connectivity index (χ4v) is 4.88. The average Bonchev–Trinajstić information content (AvgIpc) is 2.45. The van der Waals surface area contributed by atoms with Crippen molar-refractivity contribution in [3.05, 3.63) is 0 Å². The van der Waals surface area contributed by atoms with E-state index in [1.807, 2.05) is 0 Å². The highest BCUT2D eigenvalue weighted by molar-refractivity contribution is 7.52. The lowest BCUT2D eigenvalue weighted by atomic mass is 10.2. The van der Waals surface area contributed by atoms with Crippen LogP contribution in [0.4, 0.5) is 0 Å². The Labute approximate surface area is 152 Å². The Morgan fingerprint density at radius 3 is 1.46 bits per heavy atom. The molecule has 0 radical (unpaired) electrons. The van der Waals surface area contributed by atoms with Crippen molar-refractivity contribution in [3.8, 4) is 6.07 Å². The Morgan fingerprint density at radius 1 is 0.792 bits per heavy atom. The Morgan fingerprint density at radius 2 is 1.17 bits per heavy atom. The summed E-state index contributed by atoms with van der Waals surface area (Å²) in [5, 5.41) is 8.77. The van der Waals surface area contributed by atoms with E-state index in [0.29, 0.717) is 37.2 Å². The van der Waals surface area contributed by atoms with E-state index in [0.717, 1.165) is 25.4 Å². The van der Waals surface area contributed by atoms with Crippen LogP contribution in [0.5, 0.6) is 0 Å². The van der Waals surface area contributed by atoms with Crippen molar-refractivity contribution in [3.63, 3.8) is 0 Å². The average molecular weight is 358 g/mol. The SMILES string of the molecule is CC(C)N(CCP(CCN(C(C)C)C(C)C)OCCC#N)C(C)C. The van der Waals surface area contributed by atoms with Gasteiger partial charge in [-0.3, -0.25) is 9.80 Å². The van der Waals surface area contributed by atoms with Crippen molar-refractivity contribution in [2.45, 2.75) is 86.0 Å².